The van der Waals surface area contributed by atoms with Gasteiger partial charge in [-0.25, -0.2) is 4.98 Å². The standard InChI is InChI=1S/C19H16BrN5O2/c1-3-25-10(2)21-15-8-11(4-7-16(15)25)18(26)24-23-17-13-9-12(20)5-6-14(13)22-19(17)27/h4-9,22,27H,3H2,1-2H3. The Kier molecular flexibility index (Phi) is 4.27. The molecule has 136 valence electrons. The van der Waals surface area contributed by atoms with Crippen LogP contribution < -0.4 is 0 Å². The van der Waals surface area contributed by atoms with E-state index in [1.807, 2.05) is 26.0 Å². The molecule has 0 aliphatic rings. The Morgan fingerprint density at radius 2 is 2.11 bits per heavy atom. The second kappa shape index (κ2) is 6.62. The molecule has 0 atom stereocenters. The minimum absolute atomic E-state index is 0.132. The molecule has 4 rings (SSSR count). The van der Waals surface area contributed by atoms with E-state index in [0.717, 1.165) is 27.9 Å². The molecule has 2 aromatic heterocycles. The number of amides is 1. The first-order valence-electron chi connectivity index (χ1n) is 8.41. The number of hydrogen-bond acceptors (Lipinski definition) is 4. The monoisotopic (exact) mass is 425 g/mol. The third-order valence-electron chi connectivity index (χ3n) is 4.46. The molecular weight excluding hydrogens is 410 g/mol. The van der Waals surface area contributed by atoms with E-state index < -0.39 is 5.91 Å². The molecule has 27 heavy (non-hydrogen) atoms. The number of nitrogens with zero attached hydrogens (tertiary/aromatic N) is 4. The molecule has 0 bridgehead atoms. The van der Waals surface area contributed by atoms with Crippen molar-refractivity contribution < 1.29 is 9.90 Å². The fourth-order valence-electron chi connectivity index (χ4n) is 3.17. The molecule has 2 N–H and O–H groups in total. The molecule has 0 fully saturated rings. The van der Waals surface area contributed by atoms with E-state index in [1.165, 1.54) is 0 Å². The molecule has 0 aliphatic carbocycles. The van der Waals surface area contributed by atoms with Crippen molar-refractivity contribution in [3.8, 4) is 5.88 Å². The van der Waals surface area contributed by atoms with Gasteiger partial charge in [0.1, 0.15) is 5.82 Å². The van der Waals surface area contributed by atoms with Crippen LogP contribution in [-0.2, 0) is 6.54 Å². The quantitative estimate of drug-likeness (QED) is 0.439. The van der Waals surface area contributed by atoms with E-state index in [1.54, 1.807) is 24.3 Å². The summed E-state index contributed by atoms with van der Waals surface area (Å²) in [6.07, 6.45) is 0. The first-order chi connectivity index (χ1) is 13.0. The van der Waals surface area contributed by atoms with Gasteiger partial charge in [-0.3, -0.25) is 4.79 Å². The lowest BCUT2D eigenvalue weighted by atomic mass is 10.2. The van der Waals surface area contributed by atoms with Crippen LogP contribution in [-0.4, -0.2) is 25.5 Å². The molecule has 7 nitrogen and oxygen atoms in total. The zero-order valence-corrected chi connectivity index (χ0v) is 16.3. The maximum Gasteiger partial charge on any atom is 0.295 e. The minimum Gasteiger partial charge on any atom is -0.493 e. The Hall–Kier alpha value is -3.00. The Labute approximate surface area is 162 Å². The maximum absolute atomic E-state index is 12.5. The predicted molar refractivity (Wildman–Crippen MR) is 107 cm³/mol. The predicted octanol–water partition coefficient (Wildman–Crippen LogP) is 5.24. The number of halogens is 1. The van der Waals surface area contributed by atoms with E-state index in [2.05, 4.69) is 40.7 Å². The molecule has 0 radical (unpaired) electrons. The number of hydrogen-bond donors (Lipinski definition) is 2. The van der Waals surface area contributed by atoms with Crippen LogP contribution in [0.3, 0.4) is 0 Å². The SMILES string of the molecule is CCn1c(C)nc2cc(C(=O)N=Nc3c(O)[nH]c4ccc(Br)cc34)ccc21. The summed E-state index contributed by atoms with van der Waals surface area (Å²) < 4.78 is 2.91. The van der Waals surface area contributed by atoms with Gasteiger partial charge in [-0.1, -0.05) is 15.9 Å². The highest BCUT2D eigenvalue weighted by Crippen LogP contribution is 2.36. The number of carbonyl (C=O) groups excluding carboxylic acids is 1. The number of fused-ring (bicyclic) bond motifs is 2. The highest BCUT2D eigenvalue weighted by atomic mass is 79.9. The lowest BCUT2D eigenvalue weighted by Gasteiger charge is -2.01. The molecule has 8 heteroatoms. The van der Waals surface area contributed by atoms with Gasteiger partial charge < -0.3 is 14.7 Å². The number of azo groups is 1. The fraction of sp³-hybridized carbons (Fsp3) is 0.158. The first kappa shape index (κ1) is 17.4. The minimum atomic E-state index is -0.496. The van der Waals surface area contributed by atoms with Gasteiger partial charge in [-0.15, -0.1) is 10.2 Å². The molecule has 4 aromatic rings. The van der Waals surface area contributed by atoms with Crippen molar-refractivity contribution in [3.63, 3.8) is 0 Å². The van der Waals surface area contributed by atoms with Crippen LogP contribution in [0.5, 0.6) is 5.88 Å². The lowest BCUT2D eigenvalue weighted by molar-refractivity contribution is 0.0995. The van der Waals surface area contributed by atoms with E-state index in [-0.39, 0.29) is 11.6 Å². The summed E-state index contributed by atoms with van der Waals surface area (Å²) in [6, 6.07) is 10.7. The third kappa shape index (κ3) is 3.02. The van der Waals surface area contributed by atoms with Gasteiger partial charge in [0, 0.05) is 22.0 Å². The molecule has 0 aliphatic heterocycles. The number of nitrogens with one attached hydrogen (secondary N) is 1. The van der Waals surface area contributed by atoms with Crippen molar-refractivity contribution in [1.29, 1.82) is 0 Å². The Bertz CT molecular complexity index is 1220. The zero-order chi connectivity index (χ0) is 19.1. The first-order valence-corrected chi connectivity index (χ1v) is 9.20. The Morgan fingerprint density at radius 1 is 1.30 bits per heavy atom. The maximum atomic E-state index is 12.5. The van der Waals surface area contributed by atoms with Gasteiger partial charge in [0.25, 0.3) is 5.91 Å². The van der Waals surface area contributed by atoms with Crippen LogP contribution in [0, 0.1) is 6.92 Å². The van der Waals surface area contributed by atoms with Crippen molar-refractivity contribution in [1.82, 2.24) is 14.5 Å². The van der Waals surface area contributed by atoms with Gasteiger partial charge in [-0.05, 0) is 50.2 Å². The third-order valence-corrected chi connectivity index (χ3v) is 4.95. The Morgan fingerprint density at radius 3 is 2.89 bits per heavy atom. The summed E-state index contributed by atoms with van der Waals surface area (Å²) in [6.45, 7) is 4.79. The largest absolute Gasteiger partial charge is 0.493 e. The number of aromatic amines is 1. The Balaban J connectivity index is 1.69. The van der Waals surface area contributed by atoms with Gasteiger partial charge >= 0.3 is 0 Å². The average Bonchev–Trinajstić information content (AvgIpc) is 3.13. The molecule has 0 spiro atoms. The van der Waals surface area contributed by atoms with E-state index in [9.17, 15) is 9.90 Å². The number of rotatable bonds is 3. The molecule has 2 aromatic carbocycles. The second-order valence-corrected chi connectivity index (χ2v) is 7.04. The lowest BCUT2D eigenvalue weighted by Crippen LogP contribution is -1.97. The average molecular weight is 426 g/mol. The molecule has 1 amide bonds. The number of aromatic nitrogens is 3. The van der Waals surface area contributed by atoms with Crippen LogP contribution in [0.1, 0.15) is 23.1 Å². The summed E-state index contributed by atoms with van der Waals surface area (Å²) in [5.41, 5.74) is 3.05. The van der Waals surface area contributed by atoms with Crippen LogP contribution in [0.15, 0.2) is 51.1 Å². The molecule has 0 unspecified atom stereocenters. The van der Waals surface area contributed by atoms with Crippen molar-refractivity contribution in [3.05, 3.63) is 52.3 Å². The van der Waals surface area contributed by atoms with Gasteiger partial charge in [0.2, 0.25) is 5.88 Å². The van der Waals surface area contributed by atoms with Gasteiger partial charge in [0.15, 0.2) is 5.69 Å². The summed E-state index contributed by atoms with van der Waals surface area (Å²) in [7, 11) is 0. The van der Waals surface area contributed by atoms with E-state index in [4.69, 9.17) is 0 Å². The summed E-state index contributed by atoms with van der Waals surface area (Å²) in [5, 5.41) is 18.5. The van der Waals surface area contributed by atoms with Crippen molar-refractivity contribution in [2.75, 3.05) is 0 Å². The normalized spacial score (nSPS) is 11.8. The van der Waals surface area contributed by atoms with Crippen molar-refractivity contribution in [2.45, 2.75) is 20.4 Å². The van der Waals surface area contributed by atoms with Gasteiger partial charge in [-0.2, -0.15) is 0 Å². The molecule has 0 saturated heterocycles. The summed E-state index contributed by atoms with van der Waals surface area (Å²) >= 11 is 3.39. The van der Waals surface area contributed by atoms with E-state index >= 15 is 0 Å². The van der Waals surface area contributed by atoms with Crippen molar-refractivity contribution in [2.24, 2.45) is 10.2 Å². The number of aryl methyl sites for hydroxylation is 2. The topological polar surface area (TPSA) is 95.6 Å². The number of aromatic hydroxyl groups is 1. The smallest absolute Gasteiger partial charge is 0.295 e. The number of H-pyrrole nitrogens is 1. The number of carbonyl (C=O) groups is 1. The highest BCUT2D eigenvalue weighted by molar-refractivity contribution is 9.10. The summed E-state index contributed by atoms with van der Waals surface area (Å²) in [4.78, 5) is 19.8. The number of imidazole rings is 1. The van der Waals surface area contributed by atoms with Crippen LogP contribution in [0.2, 0.25) is 0 Å². The molecular formula is C19H16BrN5O2. The highest BCUT2D eigenvalue weighted by Gasteiger charge is 2.13. The molecule has 0 saturated carbocycles. The number of benzene rings is 2. The molecule has 2 heterocycles. The van der Waals surface area contributed by atoms with Crippen LogP contribution >= 0.6 is 15.9 Å². The summed E-state index contributed by atoms with van der Waals surface area (Å²) in [5.74, 6) is 0.268. The van der Waals surface area contributed by atoms with Crippen molar-refractivity contribution >= 4 is 49.5 Å². The fourth-order valence-corrected chi connectivity index (χ4v) is 3.53. The second-order valence-electron chi connectivity index (χ2n) is 6.12. The van der Waals surface area contributed by atoms with Crippen LogP contribution in [0.4, 0.5) is 5.69 Å². The zero-order valence-electron chi connectivity index (χ0n) is 14.7. The van der Waals surface area contributed by atoms with Gasteiger partial charge in [0.05, 0.1) is 16.6 Å². The van der Waals surface area contributed by atoms with E-state index in [0.29, 0.717) is 16.5 Å². The van der Waals surface area contributed by atoms with Crippen LogP contribution in [0.25, 0.3) is 21.9 Å².